The Bertz CT molecular complexity index is 963. The Morgan fingerprint density at radius 1 is 1.04 bits per heavy atom. The molecule has 0 atom stereocenters. The molecule has 0 unspecified atom stereocenters. The number of rotatable bonds is 7. The largest absolute Gasteiger partial charge is 0.475 e. The first kappa shape index (κ1) is 21.5. The van der Waals surface area contributed by atoms with Gasteiger partial charge in [-0.3, -0.25) is 9.59 Å². The van der Waals surface area contributed by atoms with E-state index in [1.165, 1.54) is 36.4 Å². The smallest absolute Gasteiger partial charge is 0.372 e. The molecule has 2 aromatic rings. The molecule has 28 heavy (non-hydrogen) atoms. The molecule has 0 radical (unpaired) electrons. The summed E-state index contributed by atoms with van der Waals surface area (Å²) in [6.45, 7) is -0.124. The first-order valence-corrected chi connectivity index (χ1v) is 8.57. The summed E-state index contributed by atoms with van der Waals surface area (Å²) >= 11 is 11.8. The molecule has 0 aliphatic heterocycles. The number of carboxylic acid groups (broad SMARTS) is 1. The van der Waals surface area contributed by atoms with Gasteiger partial charge in [-0.25, -0.2) is 13.6 Å². The second-order valence-corrected chi connectivity index (χ2v) is 6.39. The van der Waals surface area contributed by atoms with Crippen molar-refractivity contribution in [2.24, 2.45) is 0 Å². The predicted octanol–water partition coefficient (Wildman–Crippen LogP) is 4.36. The van der Waals surface area contributed by atoms with E-state index in [4.69, 9.17) is 28.3 Å². The Labute approximate surface area is 168 Å². The third kappa shape index (κ3) is 5.61. The summed E-state index contributed by atoms with van der Waals surface area (Å²) < 4.78 is 26.7. The summed E-state index contributed by atoms with van der Waals surface area (Å²) in [5.74, 6) is -5.32. The highest BCUT2D eigenvalue weighted by Gasteiger charge is 2.22. The molecule has 146 valence electrons. The molecule has 5 nitrogen and oxygen atoms in total. The molecule has 0 saturated heterocycles. The molecule has 0 aliphatic carbocycles. The fourth-order valence-corrected chi connectivity index (χ4v) is 2.53. The highest BCUT2D eigenvalue weighted by molar-refractivity contribution is 6.42. The van der Waals surface area contributed by atoms with E-state index < -0.39 is 35.7 Å². The number of ketones is 1. The van der Waals surface area contributed by atoms with E-state index in [0.29, 0.717) is 6.07 Å². The van der Waals surface area contributed by atoms with Crippen molar-refractivity contribution in [1.82, 2.24) is 0 Å². The minimum absolute atomic E-state index is 0.0875. The van der Waals surface area contributed by atoms with Crippen molar-refractivity contribution >= 4 is 52.6 Å². The van der Waals surface area contributed by atoms with Crippen LogP contribution in [0.3, 0.4) is 0 Å². The lowest BCUT2D eigenvalue weighted by Crippen LogP contribution is -2.34. The first-order valence-electron chi connectivity index (χ1n) is 7.82. The lowest BCUT2D eigenvalue weighted by atomic mass is 10.2. The van der Waals surface area contributed by atoms with E-state index in [-0.39, 0.29) is 27.8 Å². The standard InChI is InChI=1S/C19H13Cl2F2NO4/c20-14-6-5-13(9-15(14)21)24(18(26)10-17(25)19(27)28)7-1-2-11-3-4-12(22)8-16(11)23/h1-6,8-9H,7,10H2,(H,27,28)/b2-1+. The van der Waals surface area contributed by atoms with Crippen molar-refractivity contribution in [3.05, 3.63) is 69.7 Å². The van der Waals surface area contributed by atoms with Gasteiger partial charge in [-0.15, -0.1) is 0 Å². The van der Waals surface area contributed by atoms with Gasteiger partial charge in [0.2, 0.25) is 11.7 Å². The highest BCUT2D eigenvalue weighted by atomic mass is 35.5. The maximum absolute atomic E-state index is 13.7. The van der Waals surface area contributed by atoms with Crippen molar-refractivity contribution in [2.75, 3.05) is 11.4 Å². The zero-order valence-corrected chi connectivity index (χ0v) is 15.7. The average Bonchev–Trinajstić information content (AvgIpc) is 2.62. The lowest BCUT2D eigenvalue weighted by molar-refractivity contribution is -0.150. The fraction of sp³-hybridized carbons (Fsp3) is 0.105. The van der Waals surface area contributed by atoms with E-state index in [9.17, 15) is 23.2 Å². The van der Waals surface area contributed by atoms with Gasteiger partial charge in [0.1, 0.15) is 11.6 Å². The van der Waals surface area contributed by atoms with Crippen LogP contribution in [0.5, 0.6) is 0 Å². The molecule has 9 heteroatoms. The number of carbonyl (C=O) groups excluding carboxylic acids is 2. The Kier molecular flexibility index (Phi) is 7.25. The van der Waals surface area contributed by atoms with Crippen molar-refractivity contribution < 1.29 is 28.3 Å². The van der Waals surface area contributed by atoms with Crippen LogP contribution < -0.4 is 4.90 Å². The zero-order valence-electron chi connectivity index (χ0n) is 14.2. The van der Waals surface area contributed by atoms with E-state index in [1.807, 2.05) is 0 Å². The molecule has 0 saturated carbocycles. The normalized spacial score (nSPS) is 10.9. The molecule has 0 fully saturated rings. The molecule has 0 spiro atoms. The monoisotopic (exact) mass is 427 g/mol. The van der Waals surface area contributed by atoms with Gasteiger partial charge in [-0.05, 0) is 30.3 Å². The van der Waals surface area contributed by atoms with E-state index in [2.05, 4.69) is 0 Å². The Hall–Kier alpha value is -2.77. The molecule has 1 amide bonds. The molecule has 0 bridgehead atoms. The second-order valence-electron chi connectivity index (χ2n) is 5.58. The number of hydrogen-bond acceptors (Lipinski definition) is 3. The molecular weight excluding hydrogens is 415 g/mol. The van der Waals surface area contributed by atoms with Crippen LogP contribution in [-0.2, 0) is 14.4 Å². The molecule has 2 rings (SSSR count). The van der Waals surface area contributed by atoms with Crippen LogP contribution in [0.25, 0.3) is 6.08 Å². The maximum atomic E-state index is 13.7. The quantitative estimate of drug-likeness (QED) is 0.526. The van der Waals surface area contributed by atoms with Crippen LogP contribution in [0.15, 0.2) is 42.5 Å². The van der Waals surface area contributed by atoms with Gasteiger partial charge in [0.25, 0.3) is 0 Å². The molecule has 2 aromatic carbocycles. The topological polar surface area (TPSA) is 74.7 Å². The van der Waals surface area contributed by atoms with Gasteiger partial charge in [0, 0.05) is 23.9 Å². The number of aliphatic carboxylic acids is 1. The number of nitrogens with zero attached hydrogens (tertiary/aromatic N) is 1. The Morgan fingerprint density at radius 3 is 2.36 bits per heavy atom. The highest BCUT2D eigenvalue weighted by Crippen LogP contribution is 2.27. The van der Waals surface area contributed by atoms with E-state index in [0.717, 1.165) is 11.0 Å². The van der Waals surface area contributed by atoms with Crippen LogP contribution in [0.2, 0.25) is 10.0 Å². The number of amides is 1. The van der Waals surface area contributed by atoms with E-state index >= 15 is 0 Å². The number of Topliss-reactive ketones (excluding diaryl/α,β-unsaturated/α-hetero) is 1. The van der Waals surface area contributed by atoms with Gasteiger partial charge < -0.3 is 10.0 Å². The van der Waals surface area contributed by atoms with E-state index in [1.54, 1.807) is 0 Å². The van der Waals surface area contributed by atoms with Crippen LogP contribution in [-0.4, -0.2) is 29.3 Å². The molecule has 1 N–H and O–H groups in total. The van der Waals surface area contributed by atoms with Crippen LogP contribution in [0, 0.1) is 11.6 Å². The zero-order chi connectivity index (χ0) is 20.8. The Morgan fingerprint density at radius 2 is 1.75 bits per heavy atom. The van der Waals surface area contributed by atoms with Crippen molar-refractivity contribution in [2.45, 2.75) is 6.42 Å². The number of hydrogen-bond donors (Lipinski definition) is 1. The number of carbonyl (C=O) groups is 3. The van der Waals surface area contributed by atoms with Gasteiger partial charge in [-0.2, -0.15) is 0 Å². The molecule has 0 aliphatic rings. The van der Waals surface area contributed by atoms with Gasteiger partial charge >= 0.3 is 5.97 Å². The number of benzene rings is 2. The minimum atomic E-state index is -1.73. The SMILES string of the molecule is O=C(O)C(=O)CC(=O)N(C/C=C/c1ccc(F)cc1F)c1ccc(Cl)c(Cl)c1. The second kappa shape index (κ2) is 9.43. The third-order valence-electron chi connectivity index (χ3n) is 3.61. The van der Waals surface area contributed by atoms with Gasteiger partial charge in [-0.1, -0.05) is 35.4 Å². The summed E-state index contributed by atoms with van der Waals surface area (Å²) in [5.41, 5.74) is 0.353. The van der Waals surface area contributed by atoms with Crippen molar-refractivity contribution in [3.8, 4) is 0 Å². The molecular formula is C19H13Cl2F2NO4. The van der Waals surface area contributed by atoms with Gasteiger partial charge in [0.15, 0.2) is 0 Å². The minimum Gasteiger partial charge on any atom is -0.475 e. The summed E-state index contributed by atoms with van der Waals surface area (Å²) in [6, 6.07) is 7.29. The fourth-order valence-electron chi connectivity index (χ4n) is 2.23. The predicted molar refractivity (Wildman–Crippen MR) is 101 cm³/mol. The van der Waals surface area contributed by atoms with Crippen molar-refractivity contribution in [1.29, 1.82) is 0 Å². The van der Waals surface area contributed by atoms with Crippen molar-refractivity contribution in [3.63, 3.8) is 0 Å². The lowest BCUT2D eigenvalue weighted by Gasteiger charge is -2.21. The Balaban J connectivity index is 2.28. The first-order chi connectivity index (χ1) is 13.2. The third-order valence-corrected chi connectivity index (χ3v) is 4.35. The van der Waals surface area contributed by atoms with Crippen LogP contribution in [0.4, 0.5) is 14.5 Å². The molecule has 0 heterocycles. The van der Waals surface area contributed by atoms with Crippen LogP contribution >= 0.6 is 23.2 Å². The molecule has 0 aromatic heterocycles. The van der Waals surface area contributed by atoms with Gasteiger partial charge in [0.05, 0.1) is 16.5 Å². The summed E-state index contributed by atoms with van der Waals surface area (Å²) in [5, 5.41) is 9.08. The van der Waals surface area contributed by atoms with Crippen LogP contribution in [0.1, 0.15) is 12.0 Å². The number of halogens is 4. The number of carboxylic acids is 1. The summed E-state index contributed by atoms with van der Waals surface area (Å²) in [7, 11) is 0. The maximum Gasteiger partial charge on any atom is 0.372 e. The summed E-state index contributed by atoms with van der Waals surface area (Å²) in [4.78, 5) is 35.6. The average molecular weight is 428 g/mol. The summed E-state index contributed by atoms with van der Waals surface area (Å²) in [6.07, 6.45) is 1.86. The number of anilines is 1.